The molecule has 25 heavy (non-hydrogen) atoms. The average molecular weight is 335 g/mol. The summed E-state index contributed by atoms with van der Waals surface area (Å²) in [6, 6.07) is 13.3. The van der Waals surface area contributed by atoms with Crippen LogP contribution in [-0.2, 0) is 24.2 Å². The first-order valence-electron chi connectivity index (χ1n) is 8.49. The van der Waals surface area contributed by atoms with Gasteiger partial charge in [-0.15, -0.1) is 0 Å². The summed E-state index contributed by atoms with van der Waals surface area (Å²) in [6.45, 7) is 4.20. The van der Waals surface area contributed by atoms with E-state index >= 15 is 0 Å². The normalized spacial score (nSPS) is 10.8. The summed E-state index contributed by atoms with van der Waals surface area (Å²) in [5.74, 6) is -0.156. The lowest BCUT2D eigenvalue weighted by Crippen LogP contribution is -2.23. The van der Waals surface area contributed by atoms with Crippen LogP contribution in [0.2, 0.25) is 0 Å². The molecule has 0 aliphatic rings. The molecule has 3 rings (SSSR count). The SMILES string of the molecule is CCc1cccc(CC)c1NC(=O)Cn1ncc(=O)c2ccccc21. The Bertz CT molecular complexity index is 954. The van der Waals surface area contributed by atoms with Crippen LogP contribution in [0.15, 0.2) is 53.5 Å². The van der Waals surface area contributed by atoms with Gasteiger partial charge in [-0.2, -0.15) is 5.10 Å². The van der Waals surface area contributed by atoms with E-state index in [2.05, 4.69) is 24.3 Å². The minimum atomic E-state index is -0.156. The van der Waals surface area contributed by atoms with E-state index in [0.29, 0.717) is 10.9 Å². The second-order valence-corrected chi connectivity index (χ2v) is 5.89. The Labute approximate surface area is 146 Å². The molecule has 5 heteroatoms. The van der Waals surface area contributed by atoms with E-state index in [1.165, 1.54) is 6.20 Å². The number of benzene rings is 2. The molecule has 0 aliphatic heterocycles. The van der Waals surface area contributed by atoms with Crippen molar-refractivity contribution in [3.8, 4) is 0 Å². The van der Waals surface area contributed by atoms with Gasteiger partial charge in [0.25, 0.3) is 0 Å². The zero-order valence-corrected chi connectivity index (χ0v) is 14.5. The molecule has 0 radical (unpaired) electrons. The number of carbonyl (C=O) groups is 1. The van der Waals surface area contributed by atoms with Crippen molar-refractivity contribution in [1.82, 2.24) is 9.78 Å². The van der Waals surface area contributed by atoms with Gasteiger partial charge in [0, 0.05) is 11.1 Å². The monoisotopic (exact) mass is 335 g/mol. The molecule has 0 aliphatic carbocycles. The molecular formula is C20H21N3O2. The van der Waals surface area contributed by atoms with Gasteiger partial charge in [0.2, 0.25) is 11.3 Å². The number of nitrogens with one attached hydrogen (secondary N) is 1. The van der Waals surface area contributed by atoms with Crippen LogP contribution in [0.1, 0.15) is 25.0 Å². The fourth-order valence-corrected chi connectivity index (χ4v) is 3.01. The highest BCUT2D eigenvalue weighted by molar-refractivity contribution is 5.93. The Morgan fingerprint density at radius 2 is 1.72 bits per heavy atom. The van der Waals surface area contributed by atoms with Crippen LogP contribution < -0.4 is 10.7 Å². The fourth-order valence-electron chi connectivity index (χ4n) is 3.01. The van der Waals surface area contributed by atoms with Gasteiger partial charge < -0.3 is 5.32 Å². The van der Waals surface area contributed by atoms with Crippen LogP contribution in [0.25, 0.3) is 10.9 Å². The number of aryl methyl sites for hydroxylation is 2. The molecule has 3 aromatic rings. The van der Waals surface area contributed by atoms with Crippen molar-refractivity contribution in [2.24, 2.45) is 0 Å². The maximum Gasteiger partial charge on any atom is 0.246 e. The topological polar surface area (TPSA) is 64.0 Å². The zero-order valence-electron chi connectivity index (χ0n) is 14.5. The highest BCUT2D eigenvalue weighted by atomic mass is 16.2. The van der Waals surface area contributed by atoms with Crippen molar-refractivity contribution in [2.75, 3.05) is 5.32 Å². The van der Waals surface area contributed by atoms with Crippen LogP contribution >= 0.6 is 0 Å². The van der Waals surface area contributed by atoms with Crippen molar-refractivity contribution >= 4 is 22.5 Å². The molecule has 1 heterocycles. The largest absolute Gasteiger partial charge is 0.324 e. The van der Waals surface area contributed by atoms with Crippen LogP contribution in [-0.4, -0.2) is 15.7 Å². The Morgan fingerprint density at radius 1 is 1.04 bits per heavy atom. The summed E-state index contributed by atoms with van der Waals surface area (Å²) in [4.78, 5) is 24.5. The number of para-hydroxylation sites is 2. The van der Waals surface area contributed by atoms with E-state index in [4.69, 9.17) is 0 Å². The first-order chi connectivity index (χ1) is 12.1. The number of hydrogen-bond donors (Lipinski definition) is 1. The molecule has 0 fully saturated rings. The number of nitrogens with zero attached hydrogens (tertiary/aromatic N) is 2. The maximum absolute atomic E-state index is 12.6. The summed E-state index contributed by atoms with van der Waals surface area (Å²) in [5.41, 5.74) is 3.64. The number of fused-ring (bicyclic) bond motifs is 1. The van der Waals surface area contributed by atoms with Crippen LogP contribution in [0, 0.1) is 0 Å². The van der Waals surface area contributed by atoms with Crippen molar-refractivity contribution < 1.29 is 4.79 Å². The predicted molar refractivity (Wildman–Crippen MR) is 99.8 cm³/mol. The van der Waals surface area contributed by atoms with Gasteiger partial charge in [-0.3, -0.25) is 14.3 Å². The molecular weight excluding hydrogens is 314 g/mol. The third-order valence-electron chi connectivity index (χ3n) is 4.32. The standard InChI is InChI=1S/C20H21N3O2/c1-3-14-8-7-9-15(4-2)20(14)22-19(25)13-23-17-11-6-5-10-16(17)18(24)12-21-23/h5-12H,3-4,13H2,1-2H3,(H,22,25). The number of amides is 1. The summed E-state index contributed by atoms with van der Waals surface area (Å²) in [7, 11) is 0. The van der Waals surface area contributed by atoms with Crippen molar-refractivity contribution in [1.29, 1.82) is 0 Å². The highest BCUT2D eigenvalue weighted by Gasteiger charge is 2.12. The molecule has 2 aromatic carbocycles. The third-order valence-corrected chi connectivity index (χ3v) is 4.32. The average Bonchev–Trinajstić information content (AvgIpc) is 2.64. The van der Waals surface area contributed by atoms with Gasteiger partial charge >= 0.3 is 0 Å². The van der Waals surface area contributed by atoms with E-state index in [0.717, 1.165) is 29.7 Å². The van der Waals surface area contributed by atoms with Gasteiger partial charge in [-0.05, 0) is 36.1 Å². The fraction of sp³-hybridized carbons (Fsp3) is 0.250. The highest BCUT2D eigenvalue weighted by Crippen LogP contribution is 2.22. The first kappa shape index (κ1) is 16.9. The quantitative estimate of drug-likeness (QED) is 0.779. The molecule has 1 amide bonds. The number of aromatic nitrogens is 2. The number of carbonyl (C=O) groups excluding carboxylic acids is 1. The minimum Gasteiger partial charge on any atom is -0.324 e. The lowest BCUT2D eigenvalue weighted by molar-refractivity contribution is -0.116. The number of anilines is 1. The molecule has 5 nitrogen and oxygen atoms in total. The lowest BCUT2D eigenvalue weighted by Gasteiger charge is -2.15. The Kier molecular flexibility index (Phi) is 4.93. The van der Waals surface area contributed by atoms with Crippen molar-refractivity contribution in [2.45, 2.75) is 33.2 Å². The summed E-state index contributed by atoms with van der Waals surface area (Å²) in [6.07, 6.45) is 2.96. The van der Waals surface area contributed by atoms with Gasteiger partial charge in [0.15, 0.2) is 0 Å². The molecule has 1 aromatic heterocycles. The van der Waals surface area contributed by atoms with Gasteiger partial charge in [-0.25, -0.2) is 0 Å². The summed E-state index contributed by atoms with van der Waals surface area (Å²) in [5, 5.41) is 7.71. The Hall–Kier alpha value is -2.95. The smallest absolute Gasteiger partial charge is 0.246 e. The predicted octanol–water partition coefficient (Wildman–Crippen LogP) is 3.16. The third kappa shape index (κ3) is 3.45. The van der Waals surface area contributed by atoms with E-state index in [1.54, 1.807) is 22.9 Å². The number of rotatable bonds is 5. The summed E-state index contributed by atoms with van der Waals surface area (Å²) >= 11 is 0. The van der Waals surface area contributed by atoms with Gasteiger partial charge in [0.1, 0.15) is 6.54 Å². The van der Waals surface area contributed by atoms with Crippen molar-refractivity contribution in [3.05, 3.63) is 70.0 Å². The van der Waals surface area contributed by atoms with Crippen molar-refractivity contribution in [3.63, 3.8) is 0 Å². The second kappa shape index (κ2) is 7.30. The molecule has 128 valence electrons. The Balaban J connectivity index is 1.90. The number of hydrogen-bond acceptors (Lipinski definition) is 3. The second-order valence-electron chi connectivity index (χ2n) is 5.89. The van der Waals surface area contributed by atoms with Crippen LogP contribution in [0.4, 0.5) is 5.69 Å². The first-order valence-corrected chi connectivity index (χ1v) is 8.49. The summed E-state index contributed by atoms with van der Waals surface area (Å²) < 4.78 is 1.56. The van der Waals surface area contributed by atoms with Gasteiger partial charge in [0.05, 0.1) is 11.7 Å². The van der Waals surface area contributed by atoms with Crippen LogP contribution in [0.3, 0.4) is 0 Å². The lowest BCUT2D eigenvalue weighted by atomic mass is 10.0. The Morgan fingerprint density at radius 3 is 2.40 bits per heavy atom. The molecule has 1 N–H and O–H groups in total. The molecule has 0 bridgehead atoms. The van der Waals surface area contributed by atoms with E-state index in [9.17, 15) is 9.59 Å². The molecule has 0 unspecified atom stereocenters. The minimum absolute atomic E-state index is 0.0575. The molecule has 0 saturated carbocycles. The van der Waals surface area contributed by atoms with E-state index < -0.39 is 0 Å². The zero-order chi connectivity index (χ0) is 17.8. The molecule has 0 spiro atoms. The van der Waals surface area contributed by atoms with E-state index in [1.807, 2.05) is 24.3 Å². The van der Waals surface area contributed by atoms with E-state index in [-0.39, 0.29) is 17.9 Å². The van der Waals surface area contributed by atoms with Gasteiger partial charge in [-0.1, -0.05) is 44.2 Å². The molecule has 0 saturated heterocycles. The maximum atomic E-state index is 12.6. The molecule has 0 atom stereocenters. The van der Waals surface area contributed by atoms with Crippen LogP contribution in [0.5, 0.6) is 0 Å².